The smallest absolute Gasteiger partial charge is 0.259 e. The minimum absolute atomic E-state index is 0.229. The Morgan fingerprint density at radius 3 is 2.23 bits per heavy atom. The van der Waals surface area contributed by atoms with E-state index in [1.165, 1.54) is 27.5 Å². The molecule has 0 aliphatic heterocycles. The molecule has 2 N–H and O–H groups in total. The van der Waals surface area contributed by atoms with Crippen LogP contribution < -0.4 is 29.7 Å². The highest BCUT2D eigenvalue weighted by atomic mass is 16.5. The van der Waals surface area contributed by atoms with E-state index in [4.69, 9.17) is 18.9 Å². The zero-order valence-corrected chi connectivity index (χ0v) is 18.1. The second kappa shape index (κ2) is 12.1. The summed E-state index contributed by atoms with van der Waals surface area (Å²) in [6, 6.07) is 10.0. The fourth-order valence-electron chi connectivity index (χ4n) is 2.55. The van der Waals surface area contributed by atoms with E-state index in [1.807, 2.05) is 6.92 Å². The van der Waals surface area contributed by atoms with Gasteiger partial charge in [0.05, 0.1) is 40.7 Å². The van der Waals surface area contributed by atoms with Gasteiger partial charge in [-0.05, 0) is 36.8 Å². The number of amides is 2. The van der Waals surface area contributed by atoms with Crippen LogP contribution in [0, 0.1) is 0 Å². The van der Waals surface area contributed by atoms with Gasteiger partial charge in [-0.2, -0.15) is 5.10 Å². The van der Waals surface area contributed by atoms with Crippen molar-refractivity contribution >= 4 is 18.0 Å². The molecule has 2 amide bonds. The Bertz CT molecular complexity index is 912. The van der Waals surface area contributed by atoms with Crippen LogP contribution in [0.15, 0.2) is 41.5 Å². The summed E-state index contributed by atoms with van der Waals surface area (Å²) in [7, 11) is 4.55. The van der Waals surface area contributed by atoms with E-state index in [-0.39, 0.29) is 12.5 Å². The van der Waals surface area contributed by atoms with Crippen LogP contribution in [0.5, 0.6) is 23.0 Å². The SMILES string of the molecule is CCCOc1ccc(C(=O)NCC(=O)N/N=C/c2cc(OC)c(OC)cc2OC)cc1. The molecule has 0 aromatic heterocycles. The number of nitrogens with zero attached hydrogens (tertiary/aromatic N) is 1. The highest BCUT2D eigenvalue weighted by molar-refractivity contribution is 5.96. The average Bonchev–Trinajstić information content (AvgIpc) is 2.81. The minimum Gasteiger partial charge on any atom is -0.496 e. The van der Waals surface area contributed by atoms with Gasteiger partial charge < -0.3 is 24.3 Å². The number of nitrogens with one attached hydrogen (secondary N) is 2. The normalized spacial score (nSPS) is 10.5. The molecule has 0 aliphatic rings. The summed E-state index contributed by atoms with van der Waals surface area (Å²) >= 11 is 0. The van der Waals surface area contributed by atoms with E-state index < -0.39 is 5.91 Å². The van der Waals surface area contributed by atoms with Crippen LogP contribution in [0.1, 0.15) is 29.3 Å². The average molecular weight is 429 g/mol. The van der Waals surface area contributed by atoms with Gasteiger partial charge in [0.15, 0.2) is 11.5 Å². The van der Waals surface area contributed by atoms with Crippen molar-refractivity contribution in [3.05, 3.63) is 47.5 Å². The molecule has 0 atom stereocenters. The van der Waals surface area contributed by atoms with Crippen molar-refractivity contribution in [2.75, 3.05) is 34.5 Å². The first-order valence-electron chi connectivity index (χ1n) is 9.65. The van der Waals surface area contributed by atoms with Crippen molar-refractivity contribution in [3.8, 4) is 23.0 Å². The Kier molecular flexibility index (Phi) is 9.15. The van der Waals surface area contributed by atoms with Gasteiger partial charge in [0.1, 0.15) is 11.5 Å². The van der Waals surface area contributed by atoms with Gasteiger partial charge in [-0.3, -0.25) is 9.59 Å². The van der Waals surface area contributed by atoms with E-state index in [0.717, 1.165) is 6.42 Å². The lowest BCUT2D eigenvalue weighted by molar-refractivity contribution is -0.120. The molecule has 0 bridgehead atoms. The zero-order valence-electron chi connectivity index (χ0n) is 18.1. The Hall–Kier alpha value is -3.75. The quantitative estimate of drug-likeness (QED) is 0.420. The van der Waals surface area contributed by atoms with Crippen LogP contribution in [0.3, 0.4) is 0 Å². The number of hydrogen-bond donors (Lipinski definition) is 2. The maximum atomic E-state index is 12.2. The van der Waals surface area contributed by atoms with Crippen molar-refractivity contribution in [1.29, 1.82) is 0 Å². The Morgan fingerprint density at radius 1 is 0.968 bits per heavy atom. The molecule has 2 aromatic carbocycles. The van der Waals surface area contributed by atoms with Crippen LogP contribution in [-0.2, 0) is 4.79 Å². The van der Waals surface area contributed by atoms with Crippen LogP contribution in [0.2, 0.25) is 0 Å². The van der Waals surface area contributed by atoms with Gasteiger partial charge in [-0.25, -0.2) is 5.43 Å². The third kappa shape index (κ3) is 6.91. The molecule has 9 heteroatoms. The minimum atomic E-state index is -0.480. The van der Waals surface area contributed by atoms with Crippen molar-refractivity contribution in [2.45, 2.75) is 13.3 Å². The molecule has 2 rings (SSSR count). The Labute approximate surface area is 181 Å². The molecule has 0 heterocycles. The van der Waals surface area contributed by atoms with Crippen LogP contribution in [0.4, 0.5) is 0 Å². The van der Waals surface area contributed by atoms with Crippen LogP contribution in [-0.4, -0.2) is 52.5 Å². The number of rotatable bonds is 11. The van der Waals surface area contributed by atoms with Gasteiger partial charge in [-0.15, -0.1) is 0 Å². The van der Waals surface area contributed by atoms with E-state index in [9.17, 15) is 9.59 Å². The first kappa shape index (κ1) is 23.5. The number of hydrazone groups is 1. The molecule has 0 radical (unpaired) electrons. The topological polar surface area (TPSA) is 107 Å². The zero-order chi connectivity index (χ0) is 22.6. The van der Waals surface area contributed by atoms with Gasteiger partial charge >= 0.3 is 0 Å². The summed E-state index contributed by atoms with van der Waals surface area (Å²) in [5.41, 5.74) is 3.36. The number of benzene rings is 2. The molecular weight excluding hydrogens is 402 g/mol. The Balaban J connectivity index is 1.89. The third-order valence-electron chi connectivity index (χ3n) is 4.13. The standard InChI is InChI=1S/C22H27N3O6/c1-5-10-31-17-8-6-15(7-9-17)22(27)23-14-21(26)25-24-13-16-11-19(29-3)20(30-4)12-18(16)28-2/h6-9,11-13H,5,10,14H2,1-4H3,(H,23,27)(H,25,26)/b24-13+. The molecule has 0 unspecified atom stereocenters. The monoisotopic (exact) mass is 429 g/mol. The fourth-order valence-corrected chi connectivity index (χ4v) is 2.55. The van der Waals surface area contributed by atoms with Crippen molar-refractivity contribution in [2.24, 2.45) is 5.10 Å². The van der Waals surface area contributed by atoms with E-state index in [1.54, 1.807) is 36.4 Å². The van der Waals surface area contributed by atoms with Crippen molar-refractivity contribution < 1.29 is 28.5 Å². The lowest BCUT2D eigenvalue weighted by Crippen LogP contribution is -2.34. The summed E-state index contributed by atoms with van der Waals surface area (Å²) in [4.78, 5) is 24.2. The van der Waals surface area contributed by atoms with Crippen LogP contribution in [0.25, 0.3) is 0 Å². The highest BCUT2D eigenvalue weighted by Gasteiger charge is 2.11. The number of hydrogen-bond acceptors (Lipinski definition) is 7. The summed E-state index contributed by atoms with van der Waals surface area (Å²) < 4.78 is 21.3. The maximum absolute atomic E-state index is 12.2. The summed E-state index contributed by atoms with van der Waals surface area (Å²) in [5.74, 6) is 1.34. The van der Waals surface area contributed by atoms with E-state index in [0.29, 0.717) is 40.7 Å². The second-order valence-corrected chi connectivity index (χ2v) is 6.30. The molecule has 0 aliphatic carbocycles. The molecule has 0 saturated heterocycles. The van der Waals surface area contributed by atoms with Gasteiger partial charge in [0.2, 0.25) is 0 Å². The lowest BCUT2D eigenvalue weighted by Gasteiger charge is -2.11. The third-order valence-corrected chi connectivity index (χ3v) is 4.13. The van der Waals surface area contributed by atoms with Crippen molar-refractivity contribution in [3.63, 3.8) is 0 Å². The highest BCUT2D eigenvalue weighted by Crippen LogP contribution is 2.33. The lowest BCUT2D eigenvalue weighted by atomic mass is 10.2. The van der Waals surface area contributed by atoms with Gasteiger partial charge in [0, 0.05) is 17.2 Å². The first-order valence-corrected chi connectivity index (χ1v) is 9.65. The molecule has 0 fully saturated rings. The predicted octanol–water partition coefficient (Wildman–Crippen LogP) is 2.38. The molecule has 9 nitrogen and oxygen atoms in total. The summed E-state index contributed by atoms with van der Waals surface area (Å²) in [6.07, 6.45) is 2.31. The largest absolute Gasteiger partial charge is 0.496 e. The summed E-state index contributed by atoms with van der Waals surface area (Å²) in [6.45, 7) is 2.40. The first-order chi connectivity index (χ1) is 15.0. The Morgan fingerprint density at radius 2 is 1.61 bits per heavy atom. The van der Waals surface area contributed by atoms with Gasteiger partial charge in [0.25, 0.3) is 11.8 Å². The number of methoxy groups -OCH3 is 3. The number of carbonyl (C=O) groups excluding carboxylic acids is 2. The molecular formula is C22H27N3O6. The number of carbonyl (C=O) groups is 2. The van der Waals surface area contributed by atoms with Gasteiger partial charge in [-0.1, -0.05) is 6.92 Å². The summed E-state index contributed by atoms with van der Waals surface area (Å²) in [5, 5.41) is 6.44. The predicted molar refractivity (Wildman–Crippen MR) is 116 cm³/mol. The maximum Gasteiger partial charge on any atom is 0.259 e. The molecule has 31 heavy (non-hydrogen) atoms. The molecule has 2 aromatic rings. The van der Waals surface area contributed by atoms with E-state index in [2.05, 4.69) is 15.8 Å². The second-order valence-electron chi connectivity index (χ2n) is 6.30. The van der Waals surface area contributed by atoms with Crippen LogP contribution >= 0.6 is 0 Å². The molecule has 0 spiro atoms. The molecule has 0 saturated carbocycles. The fraction of sp³-hybridized carbons (Fsp3) is 0.318. The molecule has 166 valence electrons. The van der Waals surface area contributed by atoms with Crippen molar-refractivity contribution in [1.82, 2.24) is 10.7 Å². The van der Waals surface area contributed by atoms with E-state index >= 15 is 0 Å². The number of ether oxygens (including phenoxy) is 4.